The molecule has 1 atom stereocenters. The van der Waals surface area contributed by atoms with E-state index in [9.17, 15) is 9.59 Å². The Hall–Kier alpha value is -2.82. The topological polar surface area (TPSA) is 61.4 Å². The Kier molecular flexibility index (Phi) is 6.78. The minimum Gasteiger partial charge on any atom is -0.378 e. The average Bonchev–Trinajstić information content (AvgIpc) is 2.65. The first-order valence-electron chi connectivity index (χ1n) is 8.86. The van der Waals surface area contributed by atoms with Gasteiger partial charge in [-0.1, -0.05) is 26.0 Å². The lowest BCUT2D eigenvalue weighted by Crippen LogP contribution is -2.23. The first-order chi connectivity index (χ1) is 12.4. The lowest BCUT2D eigenvalue weighted by Gasteiger charge is -2.13. The number of nitrogens with zero attached hydrogens (tertiary/aromatic N) is 1. The molecule has 0 saturated carbocycles. The van der Waals surface area contributed by atoms with Crippen LogP contribution in [0.3, 0.4) is 0 Å². The number of carbonyl (C=O) groups excluding carboxylic acids is 2. The van der Waals surface area contributed by atoms with Crippen LogP contribution in [-0.2, 0) is 11.3 Å². The van der Waals surface area contributed by atoms with E-state index in [-0.39, 0.29) is 17.7 Å². The van der Waals surface area contributed by atoms with Crippen molar-refractivity contribution in [1.82, 2.24) is 5.32 Å². The molecule has 0 aliphatic carbocycles. The van der Waals surface area contributed by atoms with Crippen LogP contribution in [0.5, 0.6) is 0 Å². The maximum absolute atomic E-state index is 12.3. The van der Waals surface area contributed by atoms with Gasteiger partial charge >= 0.3 is 0 Å². The summed E-state index contributed by atoms with van der Waals surface area (Å²) in [6.45, 7) is 4.30. The Bertz CT molecular complexity index is 754. The van der Waals surface area contributed by atoms with E-state index in [0.717, 1.165) is 23.4 Å². The summed E-state index contributed by atoms with van der Waals surface area (Å²) in [5.74, 6) is -0.137. The summed E-state index contributed by atoms with van der Waals surface area (Å²) in [6, 6.07) is 15.0. The molecule has 0 heterocycles. The lowest BCUT2D eigenvalue weighted by atomic mass is 10.1. The van der Waals surface area contributed by atoms with Gasteiger partial charge in [-0.2, -0.15) is 0 Å². The van der Waals surface area contributed by atoms with E-state index in [0.29, 0.717) is 12.1 Å². The van der Waals surface area contributed by atoms with E-state index < -0.39 is 0 Å². The zero-order valence-electron chi connectivity index (χ0n) is 15.9. The van der Waals surface area contributed by atoms with Crippen molar-refractivity contribution in [3.63, 3.8) is 0 Å². The Labute approximate surface area is 155 Å². The number of carbonyl (C=O) groups is 2. The molecule has 0 bridgehead atoms. The first kappa shape index (κ1) is 19.5. The zero-order valence-corrected chi connectivity index (χ0v) is 15.9. The first-order valence-corrected chi connectivity index (χ1v) is 8.86. The quantitative estimate of drug-likeness (QED) is 0.798. The van der Waals surface area contributed by atoms with Gasteiger partial charge < -0.3 is 15.5 Å². The third-order valence-corrected chi connectivity index (χ3v) is 4.35. The molecule has 1 unspecified atom stereocenters. The molecule has 0 aliphatic rings. The van der Waals surface area contributed by atoms with Crippen LogP contribution in [0.25, 0.3) is 0 Å². The summed E-state index contributed by atoms with van der Waals surface area (Å²) in [5.41, 5.74) is 3.35. The molecule has 0 spiro atoms. The molecule has 0 aliphatic heterocycles. The van der Waals surface area contributed by atoms with E-state index in [2.05, 4.69) is 10.6 Å². The van der Waals surface area contributed by atoms with E-state index in [4.69, 9.17) is 0 Å². The predicted octanol–water partition coefficient (Wildman–Crippen LogP) is 3.67. The van der Waals surface area contributed by atoms with Gasteiger partial charge in [-0.25, -0.2) is 0 Å². The Balaban J connectivity index is 1.95. The minimum absolute atomic E-state index is 0.00895. The predicted molar refractivity (Wildman–Crippen MR) is 106 cm³/mol. The Morgan fingerprint density at radius 2 is 1.77 bits per heavy atom. The molecule has 2 aromatic carbocycles. The summed E-state index contributed by atoms with van der Waals surface area (Å²) < 4.78 is 0. The largest absolute Gasteiger partial charge is 0.378 e. The van der Waals surface area contributed by atoms with Crippen LogP contribution in [0.4, 0.5) is 11.4 Å². The van der Waals surface area contributed by atoms with E-state index in [1.807, 2.05) is 81.4 Å². The monoisotopic (exact) mass is 353 g/mol. The molecule has 2 aromatic rings. The fourth-order valence-electron chi connectivity index (χ4n) is 2.41. The summed E-state index contributed by atoms with van der Waals surface area (Å²) in [7, 11) is 3.92. The maximum atomic E-state index is 12.3. The highest BCUT2D eigenvalue weighted by Gasteiger charge is 2.11. The van der Waals surface area contributed by atoms with E-state index in [1.165, 1.54) is 0 Å². The normalized spacial score (nSPS) is 11.5. The number of hydrogen-bond donors (Lipinski definition) is 2. The van der Waals surface area contributed by atoms with Crippen molar-refractivity contribution in [1.29, 1.82) is 0 Å². The molecule has 0 aromatic heterocycles. The molecule has 0 radical (unpaired) electrons. The molecular formula is C21H27N3O2. The van der Waals surface area contributed by atoms with E-state index >= 15 is 0 Å². The van der Waals surface area contributed by atoms with Crippen LogP contribution in [0.15, 0.2) is 48.5 Å². The van der Waals surface area contributed by atoms with Crippen molar-refractivity contribution in [2.24, 2.45) is 5.92 Å². The Morgan fingerprint density at radius 3 is 2.38 bits per heavy atom. The number of nitrogens with one attached hydrogen (secondary N) is 2. The molecule has 2 N–H and O–H groups in total. The van der Waals surface area contributed by atoms with Crippen LogP contribution in [-0.4, -0.2) is 25.9 Å². The number of benzene rings is 2. The minimum atomic E-state index is -0.121. The molecule has 26 heavy (non-hydrogen) atoms. The van der Waals surface area contributed by atoms with Crippen molar-refractivity contribution in [3.05, 3.63) is 59.7 Å². The molecule has 0 saturated heterocycles. The van der Waals surface area contributed by atoms with E-state index in [1.54, 1.807) is 0 Å². The molecular weight excluding hydrogens is 326 g/mol. The van der Waals surface area contributed by atoms with Gasteiger partial charge in [-0.05, 0) is 48.4 Å². The number of rotatable bonds is 7. The smallest absolute Gasteiger partial charge is 0.251 e. The molecule has 138 valence electrons. The van der Waals surface area contributed by atoms with Gasteiger partial charge in [0.1, 0.15) is 0 Å². The van der Waals surface area contributed by atoms with Crippen LogP contribution < -0.4 is 15.5 Å². The third kappa shape index (κ3) is 5.34. The SMILES string of the molecule is CCC(C)C(=O)Nc1cccc(CNC(=O)c2ccc(N(C)C)cc2)c1. The standard InChI is InChI=1S/C21H27N3O2/c1-5-15(2)20(25)23-18-8-6-7-16(13-18)14-22-21(26)17-9-11-19(12-10-17)24(3)4/h6-13,15H,5,14H2,1-4H3,(H,22,26)(H,23,25). The van der Waals surface area contributed by atoms with Gasteiger partial charge in [0.15, 0.2) is 0 Å². The fourth-order valence-corrected chi connectivity index (χ4v) is 2.41. The van der Waals surface area contributed by atoms with Gasteiger partial charge in [-0.15, -0.1) is 0 Å². The number of hydrogen-bond acceptors (Lipinski definition) is 3. The fraction of sp³-hybridized carbons (Fsp3) is 0.333. The van der Waals surface area contributed by atoms with Crippen LogP contribution in [0, 0.1) is 5.92 Å². The van der Waals surface area contributed by atoms with Crippen LogP contribution in [0.2, 0.25) is 0 Å². The number of anilines is 2. The second-order valence-corrected chi connectivity index (χ2v) is 6.62. The summed E-state index contributed by atoms with van der Waals surface area (Å²) in [4.78, 5) is 26.3. The number of amides is 2. The lowest BCUT2D eigenvalue weighted by molar-refractivity contribution is -0.119. The van der Waals surface area contributed by atoms with Gasteiger partial charge in [0.2, 0.25) is 5.91 Å². The summed E-state index contributed by atoms with van der Waals surface area (Å²) in [6.07, 6.45) is 0.800. The van der Waals surface area contributed by atoms with Crippen molar-refractivity contribution < 1.29 is 9.59 Å². The van der Waals surface area contributed by atoms with Crippen molar-refractivity contribution in [3.8, 4) is 0 Å². The summed E-state index contributed by atoms with van der Waals surface area (Å²) in [5, 5.41) is 5.83. The molecule has 0 fully saturated rings. The maximum Gasteiger partial charge on any atom is 0.251 e. The van der Waals surface area contributed by atoms with Crippen LogP contribution >= 0.6 is 0 Å². The summed E-state index contributed by atoms with van der Waals surface area (Å²) >= 11 is 0. The third-order valence-electron chi connectivity index (χ3n) is 4.35. The van der Waals surface area contributed by atoms with Gasteiger partial charge in [0.05, 0.1) is 0 Å². The highest BCUT2D eigenvalue weighted by molar-refractivity contribution is 5.94. The van der Waals surface area contributed by atoms with Crippen molar-refractivity contribution >= 4 is 23.2 Å². The van der Waals surface area contributed by atoms with Crippen molar-refractivity contribution in [2.75, 3.05) is 24.3 Å². The van der Waals surface area contributed by atoms with Gasteiger partial charge in [0, 0.05) is 43.5 Å². The second kappa shape index (κ2) is 9.04. The van der Waals surface area contributed by atoms with Gasteiger partial charge in [-0.3, -0.25) is 9.59 Å². The molecule has 5 heteroatoms. The second-order valence-electron chi connectivity index (χ2n) is 6.62. The van der Waals surface area contributed by atoms with Crippen LogP contribution in [0.1, 0.15) is 36.2 Å². The molecule has 5 nitrogen and oxygen atoms in total. The molecule has 2 rings (SSSR count). The Morgan fingerprint density at radius 1 is 1.08 bits per heavy atom. The highest BCUT2D eigenvalue weighted by Crippen LogP contribution is 2.14. The average molecular weight is 353 g/mol. The van der Waals surface area contributed by atoms with Crippen molar-refractivity contribution in [2.45, 2.75) is 26.8 Å². The molecule has 2 amide bonds. The van der Waals surface area contributed by atoms with Gasteiger partial charge in [0.25, 0.3) is 5.91 Å². The highest BCUT2D eigenvalue weighted by atomic mass is 16.2. The zero-order chi connectivity index (χ0) is 19.1.